The third-order valence-corrected chi connectivity index (χ3v) is 14.6. The van der Waals surface area contributed by atoms with E-state index in [0.29, 0.717) is 5.75 Å². The molecule has 1 aromatic rings. The van der Waals surface area contributed by atoms with Crippen LogP contribution in [0.1, 0.15) is 59.3 Å². The average Bonchev–Trinajstić information content (AvgIpc) is 2.52. The Morgan fingerprint density at radius 1 is 0.864 bits per heavy atom. The Balaban J connectivity index is 3.40. The predicted octanol–water partition coefficient (Wildman–Crippen LogP) is 5.99. The van der Waals surface area contributed by atoms with Crippen molar-refractivity contribution in [2.24, 2.45) is 0 Å². The molecule has 0 saturated heterocycles. The van der Waals surface area contributed by atoms with Crippen LogP contribution in [-0.4, -0.2) is 28.7 Å². The predicted molar refractivity (Wildman–Crippen MR) is 105 cm³/mol. The molecule has 0 heterocycles. The molecule has 2 N–H and O–H groups in total. The van der Waals surface area contributed by atoms with Crippen molar-refractivity contribution < 1.29 is 10.2 Å². The summed E-state index contributed by atoms with van der Waals surface area (Å²) in [4.78, 5) is 0. The first-order valence-corrected chi connectivity index (χ1v) is 13.5. The van der Waals surface area contributed by atoms with Crippen molar-refractivity contribution in [2.45, 2.75) is 59.3 Å². The molecule has 0 saturated carbocycles. The van der Waals surface area contributed by atoms with Crippen LogP contribution >= 0.6 is 20.8 Å². The number of aromatic hydroxyl groups is 2. The average molecular weight is 391 g/mol. The van der Waals surface area contributed by atoms with Gasteiger partial charge in [-0.05, 0) is 0 Å². The summed E-state index contributed by atoms with van der Waals surface area (Å²) in [7, 11) is 0. The standard InChI is InChI=1S/C18H32BrO2P/c1-4-7-12-22(19,13-8-5-2,14-9-6-3)18-15-16(20)10-11-17(18)21/h10-11,15,20-21H,4-9,12-14H2,1-3H3. The van der Waals surface area contributed by atoms with Crippen molar-refractivity contribution in [3.8, 4) is 11.5 Å². The van der Waals surface area contributed by atoms with Gasteiger partial charge in [0.1, 0.15) is 0 Å². The van der Waals surface area contributed by atoms with Gasteiger partial charge in [-0.15, -0.1) is 0 Å². The van der Waals surface area contributed by atoms with E-state index < -0.39 is 5.31 Å². The molecule has 0 amide bonds. The Hall–Kier alpha value is -0.270. The quantitative estimate of drug-likeness (QED) is 0.380. The minimum atomic E-state index is -2.40. The van der Waals surface area contributed by atoms with Gasteiger partial charge >= 0.3 is 144 Å². The van der Waals surface area contributed by atoms with Gasteiger partial charge in [-0.25, -0.2) is 0 Å². The van der Waals surface area contributed by atoms with Crippen molar-refractivity contribution in [3.63, 3.8) is 0 Å². The molecule has 0 fully saturated rings. The van der Waals surface area contributed by atoms with Gasteiger partial charge in [-0.3, -0.25) is 0 Å². The molecule has 1 aromatic carbocycles. The first-order chi connectivity index (χ1) is 10.4. The van der Waals surface area contributed by atoms with E-state index in [0.717, 1.165) is 62.3 Å². The zero-order valence-corrected chi connectivity index (χ0v) is 16.8. The molecule has 0 aliphatic heterocycles. The van der Waals surface area contributed by atoms with Gasteiger partial charge in [0, 0.05) is 0 Å². The van der Waals surface area contributed by atoms with Crippen LogP contribution in [0, 0.1) is 0 Å². The van der Waals surface area contributed by atoms with Crippen molar-refractivity contribution in [1.29, 1.82) is 0 Å². The van der Waals surface area contributed by atoms with Crippen LogP contribution in [0.15, 0.2) is 18.2 Å². The van der Waals surface area contributed by atoms with Gasteiger partial charge in [0.2, 0.25) is 0 Å². The number of phenols is 2. The maximum absolute atomic E-state index is 10.5. The SMILES string of the molecule is CCCCP(Br)(CCCC)(CCCC)c1cc(O)ccc1O. The summed E-state index contributed by atoms with van der Waals surface area (Å²) in [6.07, 6.45) is 10.3. The Labute approximate surface area is 144 Å². The molecule has 0 unspecified atom stereocenters. The molecule has 0 atom stereocenters. The molecule has 128 valence electrons. The number of unbranched alkanes of at least 4 members (excludes halogenated alkanes) is 3. The van der Waals surface area contributed by atoms with Crippen LogP contribution in [0.4, 0.5) is 0 Å². The molecule has 0 radical (unpaired) electrons. The molecule has 0 spiro atoms. The maximum atomic E-state index is 10.5. The van der Waals surface area contributed by atoms with Gasteiger partial charge in [0.25, 0.3) is 0 Å². The van der Waals surface area contributed by atoms with Gasteiger partial charge in [-0.2, -0.15) is 0 Å². The summed E-state index contributed by atoms with van der Waals surface area (Å²) in [5.74, 6) is 0.599. The van der Waals surface area contributed by atoms with Crippen molar-refractivity contribution in [1.82, 2.24) is 0 Å². The number of halogens is 1. The second-order valence-electron chi connectivity index (χ2n) is 6.49. The monoisotopic (exact) mass is 390 g/mol. The third kappa shape index (κ3) is 4.61. The molecule has 2 nitrogen and oxygen atoms in total. The van der Waals surface area contributed by atoms with E-state index in [-0.39, 0.29) is 5.75 Å². The fourth-order valence-electron chi connectivity index (χ4n) is 3.22. The zero-order chi connectivity index (χ0) is 16.7. The molecular formula is C18H32BrO2P. The molecule has 0 bridgehead atoms. The van der Waals surface area contributed by atoms with E-state index in [1.165, 1.54) is 0 Å². The Morgan fingerprint density at radius 3 is 1.73 bits per heavy atom. The molecule has 1 rings (SSSR count). The van der Waals surface area contributed by atoms with E-state index >= 15 is 0 Å². The van der Waals surface area contributed by atoms with Gasteiger partial charge < -0.3 is 0 Å². The van der Waals surface area contributed by atoms with Crippen LogP contribution in [-0.2, 0) is 0 Å². The van der Waals surface area contributed by atoms with E-state index in [4.69, 9.17) is 0 Å². The fourth-order valence-corrected chi connectivity index (χ4v) is 11.9. The van der Waals surface area contributed by atoms with E-state index in [2.05, 4.69) is 36.3 Å². The third-order valence-electron chi connectivity index (χ3n) is 4.63. The van der Waals surface area contributed by atoms with Crippen LogP contribution in [0.25, 0.3) is 0 Å². The second kappa shape index (κ2) is 8.55. The molecule has 4 heteroatoms. The number of hydrogen-bond acceptors (Lipinski definition) is 2. The minimum absolute atomic E-state index is 0.255. The Bertz CT molecular complexity index is 452. The topological polar surface area (TPSA) is 40.5 Å². The summed E-state index contributed by atoms with van der Waals surface area (Å²) in [5.41, 5.74) is 0. The number of phenolic OH excluding ortho intramolecular Hbond substituents is 2. The first kappa shape index (κ1) is 19.8. The summed E-state index contributed by atoms with van der Waals surface area (Å²) >= 11 is 4.25. The molecule has 0 aliphatic rings. The number of benzene rings is 1. The van der Waals surface area contributed by atoms with Gasteiger partial charge in [0.05, 0.1) is 0 Å². The Morgan fingerprint density at radius 2 is 1.32 bits per heavy atom. The van der Waals surface area contributed by atoms with Gasteiger partial charge in [0.15, 0.2) is 0 Å². The summed E-state index contributed by atoms with van der Waals surface area (Å²) in [6.45, 7) is 6.66. The second-order valence-corrected chi connectivity index (χ2v) is 17.1. The van der Waals surface area contributed by atoms with Crippen LogP contribution < -0.4 is 5.30 Å². The summed E-state index contributed by atoms with van der Waals surface area (Å²) in [5, 5.41) is 19.1. The van der Waals surface area contributed by atoms with E-state index in [1.54, 1.807) is 12.1 Å². The molecule has 0 aromatic heterocycles. The number of rotatable bonds is 10. The van der Waals surface area contributed by atoms with E-state index in [1.807, 2.05) is 6.07 Å². The van der Waals surface area contributed by atoms with Crippen molar-refractivity contribution in [3.05, 3.63) is 18.2 Å². The fraction of sp³-hybridized carbons (Fsp3) is 0.667. The van der Waals surface area contributed by atoms with Crippen molar-refractivity contribution in [2.75, 3.05) is 18.5 Å². The molecule has 22 heavy (non-hydrogen) atoms. The molecule has 0 aliphatic carbocycles. The van der Waals surface area contributed by atoms with E-state index in [9.17, 15) is 10.2 Å². The zero-order valence-electron chi connectivity index (χ0n) is 14.3. The normalized spacial score (nSPS) is 13.7. The van der Waals surface area contributed by atoms with Crippen LogP contribution in [0.2, 0.25) is 0 Å². The first-order valence-electron chi connectivity index (χ1n) is 8.65. The summed E-state index contributed by atoms with van der Waals surface area (Å²) < 4.78 is 0. The van der Waals surface area contributed by atoms with Crippen LogP contribution in [0.5, 0.6) is 11.5 Å². The van der Waals surface area contributed by atoms with Gasteiger partial charge in [-0.1, -0.05) is 0 Å². The summed E-state index contributed by atoms with van der Waals surface area (Å²) in [6, 6.07) is 5.03. The van der Waals surface area contributed by atoms with Crippen LogP contribution in [0.3, 0.4) is 0 Å². The van der Waals surface area contributed by atoms with Crippen molar-refractivity contribution >= 4 is 26.1 Å². The Kier molecular flexibility index (Phi) is 7.68. The molecular weight excluding hydrogens is 359 g/mol. The number of hydrogen-bond donors (Lipinski definition) is 2.